The van der Waals surface area contributed by atoms with Crippen LogP contribution in [0.25, 0.3) is 11.0 Å². The van der Waals surface area contributed by atoms with E-state index < -0.39 is 0 Å². The van der Waals surface area contributed by atoms with Crippen LogP contribution in [0.3, 0.4) is 0 Å². The van der Waals surface area contributed by atoms with Gasteiger partial charge in [0.2, 0.25) is 0 Å². The molecule has 0 saturated carbocycles. The standard InChI is InChI=1S/C20H21ClN4OS/c1-12-3-5-14(6-4-12)23-20(26)16-11-22-19-17(18(16)21)13(2)24-25(19)15-7-9-27-10-8-15/h3-6,11,15H,7-10H2,1-2H3,(H,23,26). The average Bonchev–Trinajstić information content (AvgIpc) is 3.02. The molecule has 3 heterocycles. The summed E-state index contributed by atoms with van der Waals surface area (Å²) in [7, 11) is 0. The maximum Gasteiger partial charge on any atom is 0.258 e. The number of carbonyl (C=O) groups is 1. The number of hydrogen-bond donors (Lipinski definition) is 1. The molecule has 0 radical (unpaired) electrons. The smallest absolute Gasteiger partial charge is 0.258 e. The van der Waals surface area contributed by atoms with Crippen LogP contribution in [0.1, 0.15) is 40.5 Å². The van der Waals surface area contributed by atoms with E-state index in [2.05, 4.69) is 10.3 Å². The van der Waals surface area contributed by atoms with Crippen LogP contribution < -0.4 is 5.32 Å². The van der Waals surface area contributed by atoms with Gasteiger partial charge in [0, 0.05) is 11.9 Å². The van der Waals surface area contributed by atoms with Gasteiger partial charge in [-0.15, -0.1) is 0 Å². The first-order valence-electron chi connectivity index (χ1n) is 9.03. The third kappa shape index (κ3) is 3.56. The maximum absolute atomic E-state index is 12.7. The number of benzene rings is 1. The molecular formula is C20H21ClN4OS. The molecule has 0 atom stereocenters. The predicted octanol–water partition coefficient (Wildman–Crippen LogP) is 5.02. The van der Waals surface area contributed by atoms with Gasteiger partial charge in [-0.2, -0.15) is 16.9 Å². The Balaban J connectivity index is 1.68. The normalized spacial score (nSPS) is 15.2. The molecule has 1 aliphatic heterocycles. The summed E-state index contributed by atoms with van der Waals surface area (Å²) in [6.45, 7) is 3.93. The van der Waals surface area contributed by atoms with Crippen LogP contribution in [0.5, 0.6) is 0 Å². The number of fused-ring (bicyclic) bond motifs is 1. The van der Waals surface area contributed by atoms with Crippen LogP contribution >= 0.6 is 23.4 Å². The molecule has 4 rings (SSSR count). The van der Waals surface area contributed by atoms with E-state index >= 15 is 0 Å². The molecule has 1 aliphatic rings. The van der Waals surface area contributed by atoms with Gasteiger partial charge in [0.25, 0.3) is 5.91 Å². The minimum absolute atomic E-state index is 0.264. The van der Waals surface area contributed by atoms with Crippen LogP contribution in [-0.2, 0) is 0 Å². The monoisotopic (exact) mass is 400 g/mol. The van der Waals surface area contributed by atoms with Gasteiger partial charge in [0.1, 0.15) is 0 Å². The van der Waals surface area contributed by atoms with Crippen molar-refractivity contribution >= 4 is 46.0 Å². The SMILES string of the molecule is Cc1ccc(NC(=O)c2cnc3c(c(C)nn3C3CCSCC3)c2Cl)cc1. The fourth-order valence-electron chi connectivity index (χ4n) is 3.41. The van der Waals surface area contributed by atoms with Gasteiger partial charge in [0.15, 0.2) is 5.65 Å². The molecule has 140 valence electrons. The van der Waals surface area contributed by atoms with E-state index in [1.54, 1.807) is 6.20 Å². The van der Waals surface area contributed by atoms with Crippen molar-refractivity contribution < 1.29 is 4.79 Å². The van der Waals surface area contributed by atoms with E-state index in [0.29, 0.717) is 16.6 Å². The van der Waals surface area contributed by atoms with Gasteiger partial charge in [-0.05, 0) is 50.3 Å². The Morgan fingerprint density at radius 2 is 1.93 bits per heavy atom. The van der Waals surface area contributed by atoms with Gasteiger partial charge in [-0.25, -0.2) is 9.67 Å². The van der Waals surface area contributed by atoms with Gasteiger partial charge in [-0.3, -0.25) is 4.79 Å². The van der Waals surface area contributed by atoms with Crippen molar-refractivity contribution in [1.29, 1.82) is 0 Å². The minimum atomic E-state index is -0.264. The number of amides is 1. The van der Waals surface area contributed by atoms with Crippen LogP contribution in [0.2, 0.25) is 5.02 Å². The maximum atomic E-state index is 12.7. The molecule has 1 fully saturated rings. The average molecular weight is 401 g/mol. The number of anilines is 1. The van der Waals surface area contributed by atoms with Gasteiger partial charge >= 0.3 is 0 Å². The van der Waals surface area contributed by atoms with E-state index in [1.807, 2.05) is 54.6 Å². The lowest BCUT2D eigenvalue weighted by atomic mass is 10.1. The highest BCUT2D eigenvalue weighted by atomic mass is 35.5. The summed E-state index contributed by atoms with van der Waals surface area (Å²) in [6.07, 6.45) is 3.72. The van der Waals surface area contributed by atoms with E-state index in [-0.39, 0.29) is 5.91 Å². The lowest BCUT2D eigenvalue weighted by Gasteiger charge is -2.22. The lowest BCUT2D eigenvalue weighted by molar-refractivity contribution is 0.102. The molecule has 27 heavy (non-hydrogen) atoms. The third-order valence-electron chi connectivity index (χ3n) is 4.92. The van der Waals surface area contributed by atoms with Crippen LogP contribution in [0.15, 0.2) is 30.5 Å². The summed E-state index contributed by atoms with van der Waals surface area (Å²) >= 11 is 8.60. The van der Waals surface area contributed by atoms with E-state index in [0.717, 1.165) is 52.3 Å². The van der Waals surface area contributed by atoms with E-state index in [9.17, 15) is 4.79 Å². The van der Waals surface area contributed by atoms with Crippen molar-refractivity contribution in [2.45, 2.75) is 32.7 Å². The molecule has 1 saturated heterocycles. The Bertz CT molecular complexity index is 993. The van der Waals surface area contributed by atoms with Crippen molar-refractivity contribution in [3.05, 3.63) is 52.3 Å². The van der Waals surface area contributed by atoms with Crippen LogP contribution in [0, 0.1) is 13.8 Å². The Hall–Kier alpha value is -2.05. The summed E-state index contributed by atoms with van der Waals surface area (Å²) in [6, 6.07) is 8.00. The number of hydrogen-bond acceptors (Lipinski definition) is 4. The fraction of sp³-hybridized carbons (Fsp3) is 0.350. The molecule has 0 bridgehead atoms. The highest BCUT2D eigenvalue weighted by Crippen LogP contribution is 2.34. The molecule has 5 nitrogen and oxygen atoms in total. The number of rotatable bonds is 3. The van der Waals surface area contributed by atoms with Gasteiger partial charge in [-0.1, -0.05) is 29.3 Å². The van der Waals surface area contributed by atoms with E-state index in [1.165, 1.54) is 0 Å². The summed E-state index contributed by atoms with van der Waals surface area (Å²) in [5.74, 6) is 2.01. The highest BCUT2D eigenvalue weighted by molar-refractivity contribution is 7.99. The molecule has 1 amide bonds. The molecule has 0 spiro atoms. The summed E-state index contributed by atoms with van der Waals surface area (Å²) in [4.78, 5) is 17.3. The number of aromatic nitrogens is 3. The molecule has 7 heteroatoms. The van der Waals surface area contributed by atoms with Crippen molar-refractivity contribution in [2.75, 3.05) is 16.8 Å². The first-order chi connectivity index (χ1) is 13.0. The largest absolute Gasteiger partial charge is 0.322 e. The second-order valence-electron chi connectivity index (χ2n) is 6.88. The summed E-state index contributed by atoms with van der Waals surface area (Å²) in [5.41, 5.74) is 3.81. The van der Waals surface area contributed by atoms with Crippen LogP contribution in [0.4, 0.5) is 5.69 Å². The Labute approximate surface area is 167 Å². The minimum Gasteiger partial charge on any atom is -0.322 e. The molecular weight excluding hydrogens is 380 g/mol. The number of thioether (sulfide) groups is 1. The first kappa shape index (κ1) is 18.3. The molecule has 0 unspecified atom stereocenters. The van der Waals surface area contributed by atoms with Gasteiger partial charge < -0.3 is 5.32 Å². The van der Waals surface area contributed by atoms with E-state index in [4.69, 9.17) is 16.7 Å². The van der Waals surface area contributed by atoms with Crippen molar-refractivity contribution in [2.24, 2.45) is 0 Å². The van der Waals surface area contributed by atoms with Crippen LogP contribution in [-0.4, -0.2) is 32.2 Å². The first-order valence-corrected chi connectivity index (χ1v) is 10.6. The highest BCUT2D eigenvalue weighted by Gasteiger charge is 2.24. The molecule has 1 aromatic carbocycles. The molecule has 3 aromatic rings. The third-order valence-corrected chi connectivity index (χ3v) is 6.36. The molecule has 1 N–H and O–H groups in total. The quantitative estimate of drug-likeness (QED) is 0.670. The predicted molar refractivity (Wildman–Crippen MR) is 112 cm³/mol. The Kier molecular flexibility index (Phi) is 5.10. The molecule has 0 aliphatic carbocycles. The zero-order valence-corrected chi connectivity index (χ0v) is 16.9. The second-order valence-corrected chi connectivity index (χ2v) is 8.48. The Morgan fingerprint density at radius 1 is 1.22 bits per heavy atom. The number of aryl methyl sites for hydroxylation is 2. The zero-order valence-electron chi connectivity index (χ0n) is 15.3. The number of carbonyl (C=O) groups excluding carboxylic acids is 1. The number of pyridine rings is 1. The topological polar surface area (TPSA) is 59.8 Å². The number of nitrogens with zero attached hydrogens (tertiary/aromatic N) is 3. The van der Waals surface area contributed by atoms with Crippen molar-refractivity contribution in [3.63, 3.8) is 0 Å². The number of nitrogens with one attached hydrogen (secondary N) is 1. The molecule has 2 aromatic heterocycles. The number of halogens is 1. The fourth-order valence-corrected chi connectivity index (χ4v) is 4.85. The summed E-state index contributed by atoms with van der Waals surface area (Å²) < 4.78 is 2.00. The second kappa shape index (κ2) is 7.52. The van der Waals surface area contributed by atoms with Crippen molar-refractivity contribution in [3.8, 4) is 0 Å². The zero-order chi connectivity index (χ0) is 19.0. The van der Waals surface area contributed by atoms with Gasteiger partial charge in [0.05, 0.1) is 27.7 Å². The van der Waals surface area contributed by atoms with Crippen molar-refractivity contribution in [1.82, 2.24) is 14.8 Å². The Morgan fingerprint density at radius 3 is 2.63 bits per heavy atom. The summed E-state index contributed by atoms with van der Waals surface area (Å²) in [5, 5.41) is 8.77. The lowest BCUT2D eigenvalue weighted by Crippen LogP contribution is -2.17.